The van der Waals surface area contributed by atoms with Crippen molar-refractivity contribution >= 4 is 27.3 Å². The summed E-state index contributed by atoms with van der Waals surface area (Å²) in [5, 5.41) is 2.73. The van der Waals surface area contributed by atoms with E-state index in [2.05, 4.69) is 11.9 Å². The van der Waals surface area contributed by atoms with Crippen molar-refractivity contribution in [2.24, 2.45) is 0 Å². The number of fused-ring (bicyclic) bond motifs is 1. The van der Waals surface area contributed by atoms with Crippen LogP contribution in [0.2, 0.25) is 0 Å². The summed E-state index contributed by atoms with van der Waals surface area (Å²) >= 11 is 0. The Morgan fingerprint density at radius 2 is 1.87 bits per heavy atom. The van der Waals surface area contributed by atoms with Crippen LogP contribution < -0.4 is 23.8 Å². The molecule has 0 radical (unpaired) electrons. The van der Waals surface area contributed by atoms with Crippen molar-refractivity contribution in [2.75, 3.05) is 35.7 Å². The van der Waals surface area contributed by atoms with E-state index in [0.29, 0.717) is 48.4 Å². The molecule has 0 aliphatic carbocycles. The Morgan fingerprint density at radius 1 is 1.20 bits per heavy atom. The largest absolute Gasteiger partial charge is 0.490 e. The number of rotatable bonds is 8. The smallest absolute Gasteiger partial charge is 0.247 e. The Balaban J connectivity index is 1.79. The van der Waals surface area contributed by atoms with Gasteiger partial charge in [0.1, 0.15) is 31.6 Å². The van der Waals surface area contributed by atoms with E-state index in [1.165, 1.54) is 6.92 Å². The summed E-state index contributed by atoms with van der Waals surface area (Å²) in [4.78, 5) is 12.8. The zero-order valence-electron chi connectivity index (χ0n) is 16.8. The van der Waals surface area contributed by atoms with Crippen LogP contribution in [0.15, 0.2) is 55.1 Å². The van der Waals surface area contributed by atoms with Crippen LogP contribution in [0.25, 0.3) is 0 Å². The molecule has 160 valence electrons. The molecule has 30 heavy (non-hydrogen) atoms. The van der Waals surface area contributed by atoms with Gasteiger partial charge >= 0.3 is 0 Å². The fourth-order valence-corrected chi connectivity index (χ4v) is 4.18. The molecule has 1 aliphatic heterocycles. The monoisotopic (exact) mass is 432 g/mol. The second-order valence-corrected chi connectivity index (χ2v) is 8.54. The lowest BCUT2D eigenvalue weighted by Crippen LogP contribution is -2.45. The van der Waals surface area contributed by atoms with Crippen molar-refractivity contribution in [3.05, 3.63) is 55.1 Å². The van der Waals surface area contributed by atoms with Crippen molar-refractivity contribution in [1.29, 1.82) is 0 Å². The van der Waals surface area contributed by atoms with Crippen molar-refractivity contribution in [2.45, 2.75) is 13.0 Å². The highest BCUT2D eigenvalue weighted by molar-refractivity contribution is 7.92. The molecule has 9 heteroatoms. The van der Waals surface area contributed by atoms with Gasteiger partial charge in [-0.1, -0.05) is 12.7 Å². The maximum Gasteiger partial charge on any atom is 0.247 e. The van der Waals surface area contributed by atoms with Crippen molar-refractivity contribution in [3.63, 3.8) is 0 Å². The van der Waals surface area contributed by atoms with E-state index in [4.69, 9.17) is 14.2 Å². The summed E-state index contributed by atoms with van der Waals surface area (Å²) in [5.74, 6) is 1.13. The van der Waals surface area contributed by atoms with Crippen molar-refractivity contribution in [1.82, 2.24) is 0 Å². The number of carbonyl (C=O) groups excluding carboxylic acids is 1. The van der Waals surface area contributed by atoms with E-state index < -0.39 is 22.0 Å². The summed E-state index contributed by atoms with van der Waals surface area (Å²) in [6, 6.07) is 10.6. The summed E-state index contributed by atoms with van der Waals surface area (Å²) < 4.78 is 42.5. The predicted octanol–water partition coefficient (Wildman–Crippen LogP) is 2.82. The number of sulfonamides is 1. The van der Waals surface area contributed by atoms with Crippen LogP contribution in [0.5, 0.6) is 17.2 Å². The van der Waals surface area contributed by atoms with E-state index in [1.807, 2.05) is 0 Å². The lowest BCUT2D eigenvalue weighted by Gasteiger charge is -2.29. The Hall–Kier alpha value is -3.20. The van der Waals surface area contributed by atoms with Crippen LogP contribution >= 0.6 is 0 Å². The topological polar surface area (TPSA) is 94.2 Å². The quantitative estimate of drug-likeness (QED) is 0.645. The van der Waals surface area contributed by atoms with Gasteiger partial charge in [0.15, 0.2) is 11.5 Å². The standard InChI is InChI=1S/C21H24N2O6S/c1-4-11-27-18-8-5-16(6-9-18)22-21(24)15(2)23(30(3,25)26)17-7-10-19-20(14-17)29-13-12-28-19/h4-10,14-15H,1,11-13H2,2-3H3,(H,22,24)/t15-/m1/s1. The molecule has 0 spiro atoms. The number of carbonyl (C=O) groups is 1. The molecule has 2 aromatic rings. The molecule has 0 aromatic heterocycles. The molecule has 1 atom stereocenters. The number of ether oxygens (including phenoxy) is 3. The second-order valence-electron chi connectivity index (χ2n) is 6.68. The van der Waals surface area contributed by atoms with E-state index in [0.717, 1.165) is 10.6 Å². The number of anilines is 2. The molecule has 1 heterocycles. The highest BCUT2D eigenvalue weighted by Crippen LogP contribution is 2.35. The van der Waals surface area contributed by atoms with E-state index in [1.54, 1.807) is 48.5 Å². The van der Waals surface area contributed by atoms with Gasteiger partial charge in [0.25, 0.3) is 0 Å². The summed E-state index contributed by atoms with van der Waals surface area (Å²) in [5.41, 5.74) is 0.839. The summed E-state index contributed by atoms with van der Waals surface area (Å²) in [6.07, 6.45) is 2.69. The minimum Gasteiger partial charge on any atom is -0.490 e. The van der Waals surface area contributed by atoms with E-state index >= 15 is 0 Å². The molecule has 1 amide bonds. The Bertz CT molecular complexity index is 1020. The third kappa shape index (κ3) is 5.04. The summed E-state index contributed by atoms with van der Waals surface area (Å²) in [7, 11) is -3.75. The third-order valence-corrected chi connectivity index (χ3v) is 5.60. The van der Waals surface area contributed by atoms with Crippen LogP contribution in [0.1, 0.15) is 6.92 Å². The molecule has 0 bridgehead atoms. The summed E-state index contributed by atoms with van der Waals surface area (Å²) in [6.45, 7) is 6.29. The van der Waals surface area contributed by atoms with Gasteiger partial charge in [0.05, 0.1) is 11.9 Å². The maximum atomic E-state index is 12.8. The van der Waals surface area contributed by atoms with Gasteiger partial charge in [0.2, 0.25) is 15.9 Å². The molecule has 0 fully saturated rings. The number of hydrogen-bond donors (Lipinski definition) is 1. The molecule has 3 rings (SSSR count). The van der Waals surface area contributed by atoms with E-state index in [9.17, 15) is 13.2 Å². The molecule has 0 unspecified atom stereocenters. The van der Waals surface area contributed by atoms with Crippen LogP contribution in [0.3, 0.4) is 0 Å². The Kier molecular flexibility index (Phi) is 6.51. The van der Waals surface area contributed by atoms with Gasteiger partial charge in [-0.25, -0.2) is 8.42 Å². The molecule has 2 aromatic carbocycles. The molecule has 1 aliphatic rings. The first-order chi connectivity index (χ1) is 14.3. The predicted molar refractivity (Wildman–Crippen MR) is 115 cm³/mol. The first kappa shape index (κ1) is 21.5. The van der Waals surface area contributed by atoms with Gasteiger partial charge in [-0.2, -0.15) is 0 Å². The molecular formula is C21H24N2O6S. The molecular weight excluding hydrogens is 408 g/mol. The lowest BCUT2D eigenvalue weighted by molar-refractivity contribution is -0.116. The van der Waals surface area contributed by atoms with Gasteiger partial charge in [0, 0.05) is 11.8 Å². The minimum atomic E-state index is -3.75. The van der Waals surface area contributed by atoms with Crippen molar-refractivity contribution < 1.29 is 27.4 Å². The second kappa shape index (κ2) is 9.08. The zero-order chi connectivity index (χ0) is 21.7. The average Bonchev–Trinajstić information content (AvgIpc) is 2.72. The maximum absolute atomic E-state index is 12.8. The van der Waals surface area contributed by atoms with Crippen LogP contribution in [-0.4, -0.2) is 46.4 Å². The number of nitrogens with zero attached hydrogens (tertiary/aromatic N) is 1. The number of amides is 1. The normalized spacial score (nSPS) is 13.8. The average molecular weight is 432 g/mol. The SMILES string of the molecule is C=CCOc1ccc(NC(=O)[C@@H](C)N(c2ccc3c(c2)OCCO3)S(C)(=O)=O)cc1. The molecule has 1 N–H and O–H groups in total. The fraction of sp³-hybridized carbons (Fsp3) is 0.286. The first-order valence-corrected chi connectivity index (χ1v) is 11.2. The minimum absolute atomic E-state index is 0.317. The third-order valence-electron chi connectivity index (χ3n) is 4.36. The van der Waals surface area contributed by atoms with Gasteiger partial charge in [-0.15, -0.1) is 0 Å². The van der Waals surface area contributed by atoms with Crippen molar-refractivity contribution in [3.8, 4) is 17.2 Å². The number of hydrogen-bond acceptors (Lipinski definition) is 6. The zero-order valence-corrected chi connectivity index (χ0v) is 17.6. The number of nitrogens with one attached hydrogen (secondary N) is 1. The van der Waals surface area contributed by atoms with Gasteiger partial charge in [-0.3, -0.25) is 9.10 Å². The van der Waals surface area contributed by atoms with Crippen LogP contribution in [-0.2, 0) is 14.8 Å². The van der Waals surface area contributed by atoms with E-state index in [-0.39, 0.29) is 0 Å². The molecule has 0 saturated carbocycles. The van der Waals surface area contributed by atoms with Crippen LogP contribution in [0.4, 0.5) is 11.4 Å². The molecule has 0 saturated heterocycles. The van der Waals surface area contributed by atoms with Crippen LogP contribution in [0, 0.1) is 0 Å². The van der Waals surface area contributed by atoms with Gasteiger partial charge in [-0.05, 0) is 43.3 Å². The highest BCUT2D eigenvalue weighted by atomic mass is 32.2. The molecule has 8 nitrogen and oxygen atoms in total. The Morgan fingerprint density at radius 3 is 2.50 bits per heavy atom. The number of benzene rings is 2. The first-order valence-electron chi connectivity index (χ1n) is 9.33. The lowest BCUT2D eigenvalue weighted by atomic mass is 10.2. The highest BCUT2D eigenvalue weighted by Gasteiger charge is 2.30. The fourth-order valence-electron chi connectivity index (χ4n) is 3.01. The Labute approximate surface area is 176 Å². The van der Waals surface area contributed by atoms with Gasteiger partial charge < -0.3 is 19.5 Å².